The summed E-state index contributed by atoms with van der Waals surface area (Å²) in [6, 6.07) is 5.47. The van der Waals surface area contributed by atoms with Crippen molar-refractivity contribution in [2.24, 2.45) is 5.41 Å². The predicted molar refractivity (Wildman–Crippen MR) is 68.0 cm³/mol. The molecule has 0 saturated heterocycles. The minimum Gasteiger partial charge on any atom is -0.385 e. The smallest absolute Gasteiger partial charge is 0.0962 e. The van der Waals surface area contributed by atoms with Gasteiger partial charge >= 0.3 is 0 Å². The van der Waals surface area contributed by atoms with Crippen LogP contribution in [0.15, 0.2) is 18.2 Å². The van der Waals surface area contributed by atoms with Crippen LogP contribution in [-0.4, -0.2) is 5.11 Å². The second-order valence-corrected chi connectivity index (χ2v) is 5.98. The Labute approximate surface area is 106 Å². The highest BCUT2D eigenvalue weighted by atomic mass is 35.5. The largest absolute Gasteiger partial charge is 0.385 e. The summed E-state index contributed by atoms with van der Waals surface area (Å²) in [6.07, 6.45) is 2.78. The van der Waals surface area contributed by atoms with Crippen LogP contribution in [0.4, 0.5) is 0 Å². The van der Waals surface area contributed by atoms with Gasteiger partial charge in [0.25, 0.3) is 0 Å². The standard InChI is InChI=1S/C13H16Cl2O/c1-12(2)7-4-8-13(12,16)9-5-3-6-10(14)11(9)15/h3,5-6,16H,4,7-8H2,1-2H3. The van der Waals surface area contributed by atoms with Crippen molar-refractivity contribution in [1.29, 1.82) is 0 Å². The highest BCUT2D eigenvalue weighted by Crippen LogP contribution is 2.54. The summed E-state index contributed by atoms with van der Waals surface area (Å²) < 4.78 is 0. The summed E-state index contributed by atoms with van der Waals surface area (Å²) in [5, 5.41) is 11.8. The van der Waals surface area contributed by atoms with Crippen LogP contribution >= 0.6 is 23.2 Å². The normalized spacial score (nSPS) is 28.3. The van der Waals surface area contributed by atoms with E-state index in [1.165, 1.54) is 0 Å². The van der Waals surface area contributed by atoms with E-state index in [4.69, 9.17) is 23.2 Å². The lowest BCUT2D eigenvalue weighted by molar-refractivity contribution is -0.0484. The molecule has 0 amide bonds. The number of benzene rings is 1. The van der Waals surface area contributed by atoms with Gasteiger partial charge in [0.15, 0.2) is 0 Å². The summed E-state index contributed by atoms with van der Waals surface area (Å²) in [5.41, 5.74) is -0.236. The van der Waals surface area contributed by atoms with Crippen LogP contribution in [0.1, 0.15) is 38.7 Å². The van der Waals surface area contributed by atoms with E-state index in [1.807, 2.05) is 12.1 Å². The fourth-order valence-electron chi connectivity index (χ4n) is 2.65. The average molecular weight is 259 g/mol. The maximum Gasteiger partial charge on any atom is 0.0962 e. The summed E-state index contributed by atoms with van der Waals surface area (Å²) in [5.74, 6) is 0. The quantitative estimate of drug-likeness (QED) is 0.792. The van der Waals surface area contributed by atoms with Crippen LogP contribution < -0.4 is 0 Å². The third kappa shape index (κ3) is 1.66. The molecule has 0 spiro atoms. The topological polar surface area (TPSA) is 20.2 Å². The van der Waals surface area contributed by atoms with Crippen molar-refractivity contribution in [2.45, 2.75) is 38.7 Å². The Morgan fingerprint density at radius 2 is 1.88 bits per heavy atom. The molecule has 1 aliphatic carbocycles. The van der Waals surface area contributed by atoms with Crippen LogP contribution in [0.2, 0.25) is 10.0 Å². The van der Waals surface area contributed by atoms with E-state index in [0.29, 0.717) is 10.0 Å². The van der Waals surface area contributed by atoms with Crippen LogP contribution in [0.25, 0.3) is 0 Å². The molecule has 1 aliphatic rings. The fourth-order valence-corrected chi connectivity index (χ4v) is 3.11. The van der Waals surface area contributed by atoms with Crippen molar-refractivity contribution in [3.63, 3.8) is 0 Å². The van der Waals surface area contributed by atoms with E-state index in [1.54, 1.807) is 6.07 Å². The summed E-state index contributed by atoms with van der Waals surface area (Å²) in [6.45, 7) is 4.16. The minimum atomic E-state index is -0.852. The molecule has 1 unspecified atom stereocenters. The summed E-state index contributed by atoms with van der Waals surface area (Å²) >= 11 is 12.2. The molecule has 3 heteroatoms. The Morgan fingerprint density at radius 1 is 1.19 bits per heavy atom. The number of halogens is 2. The fraction of sp³-hybridized carbons (Fsp3) is 0.538. The highest BCUT2D eigenvalue weighted by Gasteiger charge is 2.49. The summed E-state index contributed by atoms with van der Waals surface area (Å²) in [4.78, 5) is 0. The van der Waals surface area contributed by atoms with Gasteiger partial charge in [-0.3, -0.25) is 0 Å². The second-order valence-electron chi connectivity index (χ2n) is 5.20. The van der Waals surface area contributed by atoms with Gasteiger partial charge in [-0.15, -0.1) is 0 Å². The molecule has 0 aliphatic heterocycles. The first-order chi connectivity index (χ1) is 7.38. The molecular weight excluding hydrogens is 243 g/mol. The van der Waals surface area contributed by atoms with Crippen LogP contribution in [0, 0.1) is 5.41 Å². The predicted octanol–water partition coefficient (Wildman–Crippen LogP) is 4.39. The molecule has 16 heavy (non-hydrogen) atoms. The zero-order valence-electron chi connectivity index (χ0n) is 9.56. The van der Waals surface area contributed by atoms with Crippen LogP contribution in [0.5, 0.6) is 0 Å². The summed E-state index contributed by atoms with van der Waals surface area (Å²) in [7, 11) is 0. The third-order valence-electron chi connectivity index (χ3n) is 3.86. The zero-order chi connectivity index (χ0) is 12.0. The van der Waals surface area contributed by atoms with Gasteiger partial charge < -0.3 is 5.11 Å². The first-order valence-corrected chi connectivity index (χ1v) is 6.31. The molecule has 1 atom stereocenters. The molecule has 1 saturated carbocycles. The lowest BCUT2D eigenvalue weighted by Crippen LogP contribution is -2.37. The Hall–Kier alpha value is -0.240. The van der Waals surface area contributed by atoms with Crippen molar-refractivity contribution < 1.29 is 5.11 Å². The number of aliphatic hydroxyl groups is 1. The Kier molecular flexibility index (Phi) is 2.98. The van der Waals surface area contributed by atoms with Crippen molar-refractivity contribution in [1.82, 2.24) is 0 Å². The molecular formula is C13H16Cl2O. The van der Waals surface area contributed by atoms with E-state index >= 15 is 0 Å². The van der Waals surface area contributed by atoms with Gasteiger partial charge in [-0.25, -0.2) is 0 Å². The van der Waals surface area contributed by atoms with Gasteiger partial charge in [-0.1, -0.05) is 49.2 Å². The minimum absolute atomic E-state index is 0.151. The lowest BCUT2D eigenvalue weighted by atomic mass is 9.73. The van der Waals surface area contributed by atoms with Gasteiger partial charge in [-0.2, -0.15) is 0 Å². The molecule has 1 aromatic carbocycles. The first kappa shape index (κ1) is 12.2. The van der Waals surface area contributed by atoms with E-state index in [9.17, 15) is 5.11 Å². The molecule has 1 nitrogen and oxygen atoms in total. The van der Waals surface area contributed by atoms with Crippen molar-refractivity contribution >= 4 is 23.2 Å². The third-order valence-corrected chi connectivity index (χ3v) is 4.68. The molecule has 1 N–H and O–H groups in total. The maximum atomic E-state index is 10.9. The van der Waals surface area contributed by atoms with Gasteiger partial charge in [0.05, 0.1) is 15.6 Å². The molecule has 0 heterocycles. The van der Waals surface area contributed by atoms with E-state index in [0.717, 1.165) is 24.8 Å². The van der Waals surface area contributed by atoms with Crippen LogP contribution in [0.3, 0.4) is 0 Å². The monoisotopic (exact) mass is 258 g/mol. The van der Waals surface area contributed by atoms with Gasteiger partial charge in [-0.05, 0) is 30.7 Å². The first-order valence-electron chi connectivity index (χ1n) is 5.55. The molecule has 1 fully saturated rings. The number of hydrogen-bond acceptors (Lipinski definition) is 1. The van der Waals surface area contributed by atoms with Gasteiger partial charge in [0, 0.05) is 5.56 Å². The zero-order valence-corrected chi connectivity index (χ0v) is 11.1. The maximum absolute atomic E-state index is 10.9. The van der Waals surface area contributed by atoms with Gasteiger partial charge in [0.2, 0.25) is 0 Å². The molecule has 88 valence electrons. The molecule has 0 radical (unpaired) electrons. The van der Waals surface area contributed by atoms with E-state index < -0.39 is 5.60 Å². The second kappa shape index (κ2) is 3.90. The highest BCUT2D eigenvalue weighted by molar-refractivity contribution is 6.42. The van der Waals surface area contributed by atoms with Crippen LogP contribution in [-0.2, 0) is 5.60 Å². The molecule has 0 bridgehead atoms. The Bertz CT molecular complexity index is 414. The average Bonchev–Trinajstić information content (AvgIpc) is 2.47. The molecule has 0 aromatic heterocycles. The molecule has 1 aromatic rings. The lowest BCUT2D eigenvalue weighted by Gasteiger charge is -2.38. The van der Waals surface area contributed by atoms with Crippen molar-refractivity contribution in [2.75, 3.05) is 0 Å². The van der Waals surface area contributed by atoms with E-state index in [-0.39, 0.29) is 5.41 Å². The number of hydrogen-bond donors (Lipinski definition) is 1. The number of rotatable bonds is 1. The van der Waals surface area contributed by atoms with Crippen molar-refractivity contribution in [3.05, 3.63) is 33.8 Å². The molecule has 2 rings (SSSR count). The van der Waals surface area contributed by atoms with Gasteiger partial charge in [0.1, 0.15) is 0 Å². The Morgan fingerprint density at radius 3 is 2.44 bits per heavy atom. The Balaban J connectivity index is 2.55. The van der Waals surface area contributed by atoms with E-state index in [2.05, 4.69) is 13.8 Å². The van der Waals surface area contributed by atoms with Crippen molar-refractivity contribution in [3.8, 4) is 0 Å². The SMILES string of the molecule is CC1(C)CCCC1(O)c1cccc(Cl)c1Cl.